The van der Waals surface area contributed by atoms with Gasteiger partial charge in [-0.1, -0.05) is 18.5 Å². The number of hydrogen-bond donors (Lipinski definition) is 0. The zero-order chi connectivity index (χ0) is 24.6. The first kappa shape index (κ1) is 21.6. The van der Waals surface area contributed by atoms with Crippen molar-refractivity contribution in [2.24, 2.45) is 0 Å². The van der Waals surface area contributed by atoms with Crippen molar-refractivity contribution in [3.8, 4) is 34.3 Å². The second-order valence-corrected chi connectivity index (χ2v) is 9.72. The first-order valence-electron chi connectivity index (χ1n) is 12.2. The number of methoxy groups -OCH3 is 2. The molecule has 0 bridgehead atoms. The molecular formula is C30H25ClNO4+. The first-order chi connectivity index (χ1) is 17.6. The van der Waals surface area contributed by atoms with Crippen molar-refractivity contribution in [3.05, 3.63) is 64.7 Å². The Hall–Kier alpha value is -3.70. The summed E-state index contributed by atoms with van der Waals surface area (Å²) >= 11 is 6.29. The van der Waals surface area contributed by atoms with Crippen LogP contribution in [0.3, 0.4) is 0 Å². The lowest BCUT2D eigenvalue weighted by Gasteiger charge is -2.22. The molecule has 2 aliphatic rings. The summed E-state index contributed by atoms with van der Waals surface area (Å²) in [6.45, 7) is 3.29. The van der Waals surface area contributed by atoms with E-state index in [9.17, 15) is 0 Å². The van der Waals surface area contributed by atoms with Gasteiger partial charge in [-0.15, -0.1) is 0 Å². The molecular weight excluding hydrogens is 474 g/mol. The maximum atomic E-state index is 6.29. The zero-order valence-corrected chi connectivity index (χ0v) is 21.2. The number of nitrogens with zero attached hydrogens (tertiary/aromatic N) is 1. The number of aromatic nitrogens is 1. The Balaban J connectivity index is 1.77. The quantitative estimate of drug-likeness (QED) is 0.206. The molecule has 7 rings (SSSR count). The molecule has 0 radical (unpaired) electrons. The van der Waals surface area contributed by atoms with Gasteiger partial charge in [0.15, 0.2) is 29.5 Å². The van der Waals surface area contributed by atoms with Crippen LogP contribution in [0, 0.1) is 0 Å². The summed E-state index contributed by atoms with van der Waals surface area (Å²) < 4.78 is 26.0. The SMILES string of the molecule is CCc1cc2c3ccc(OC)c(OC)c3c(-c3ccc(Cl)cc3)[n+]3c2c2c(cc4c(c12)OCO4)CC3. The number of aryl methyl sites for hydroxylation is 3. The van der Waals surface area contributed by atoms with Crippen LogP contribution in [0.1, 0.15) is 18.1 Å². The molecule has 0 spiro atoms. The van der Waals surface area contributed by atoms with Crippen molar-refractivity contribution in [2.45, 2.75) is 26.3 Å². The smallest absolute Gasteiger partial charge is 0.231 e. The van der Waals surface area contributed by atoms with Gasteiger partial charge < -0.3 is 18.9 Å². The standard InChI is InChI=1S/C30H25ClNO4/c1-4-16-13-21-20-9-10-22(33-2)29(34-3)26(20)27(17-5-7-19(31)8-6-17)32-12-11-18-14-23-30(36-15-35-23)25(16)24(18)28(21)32/h5-10,13-14H,4,11-12,15H2,1-3H3/q+1. The molecule has 0 atom stereocenters. The number of pyridine rings is 1. The summed E-state index contributed by atoms with van der Waals surface area (Å²) in [5, 5.41) is 6.51. The number of halogens is 1. The van der Waals surface area contributed by atoms with Gasteiger partial charge in [-0.05, 0) is 66.1 Å². The Morgan fingerprint density at radius 3 is 2.50 bits per heavy atom. The highest BCUT2D eigenvalue weighted by Gasteiger charge is 2.35. The topological polar surface area (TPSA) is 40.8 Å². The molecule has 36 heavy (non-hydrogen) atoms. The summed E-state index contributed by atoms with van der Waals surface area (Å²) in [4.78, 5) is 0. The fraction of sp³-hybridized carbons (Fsp3) is 0.233. The second-order valence-electron chi connectivity index (χ2n) is 9.29. The molecule has 5 nitrogen and oxygen atoms in total. The monoisotopic (exact) mass is 498 g/mol. The maximum Gasteiger partial charge on any atom is 0.231 e. The van der Waals surface area contributed by atoms with Crippen LogP contribution in [0.2, 0.25) is 5.02 Å². The minimum Gasteiger partial charge on any atom is -0.493 e. The van der Waals surface area contributed by atoms with Crippen LogP contribution in [-0.2, 0) is 19.4 Å². The Kier molecular flexibility index (Phi) is 4.74. The van der Waals surface area contributed by atoms with E-state index in [1.54, 1.807) is 14.2 Å². The fourth-order valence-corrected chi connectivity index (χ4v) is 6.21. The molecule has 5 aromatic rings. The minimum atomic E-state index is 0.264. The van der Waals surface area contributed by atoms with E-state index >= 15 is 0 Å². The molecule has 0 unspecified atom stereocenters. The van der Waals surface area contributed by atoms with Gasteiger partial charge in [-0.2, -0.15) is 4.57 Å². The van der Waals surface area contributed by atoms with Crippen LogP contribution < -0.4 is 23.5 Å². The lowest BCUT2D eigenvalue weighted by Crippen LogP contribution is -2.41. The third-order valence-electron chi connectivity index (χ3n) is 7.59. The van der Waals surface area contributed by atoms with Gasteiger partial charge in [0.2, 0.25) is 18.0 Å². The van der Waals surface area contributed by atoms with E-state index < -0.39 is 0 Å². The molecule has 180 valence electrons. The predicted octanol–water partition coefficient (Wildman–Crippen LogP) is 6.62. The van der Waals surface area contributed by atoms with Gasteiger partial charge >= 0.3 is 0 Å². The van der Waals surface area contributed by atoms with E-state index in [0.717, 1.165) is 58.7 Å². The predicted molar refractivity (Wildman–Crippen MR) is 142 cm³/mol. The van der Waals surface area contributed by atoms with Gasteiger partial charge in [0, 0.05) is 27.8 Å². The molecule has 4 aromatic carbocycles. The maximum absolute atomic E-state index is 6.29. The Labute approximate surface area is 213 Å². The Morgan fingerprint density at radius 2 is 1.75 bits per heavy atom. The molecule has 3 heterocycles. The van der Waals surface area contributed by atoms with Gasteiger partial charge in [0.25, 0.3) is 0 Å². The molecule has 6 heteroatoms. The van der Waals surface area contributed by atoms with Crippen LogP contribution in [0.4, 0.5) is 0 Å². The van der Waals surface area contributed by atoms with Crippen molar-refractivity contribution >= 4 is 44.0 Å². The fourth-order valence-electron chi connectivity index (χ4n) is 6.08. The Bertz CT molecular complexity index is 1730. The first-order valence-corrected chi connectivity index (χ1v) is 12.6. The van der Waals surface area contributed by atoms with Gasteiger partial charge in [0.05, 0.1) is 25.0 Å². The normalized spacial score (nSPS) is 13.8. The molecule has 0 saturated carbocycles. The third-order valence-corrected chi connectivity index (χ3v) is 7.84. The van der Waals surface area contributed by atoms with E-state index in [1.165, 1.54) is 32.8 Å². The molecule has 0 fully saturated rings. The summed E-state index contributed by atoms with van der Waals surface area (Å²) in [7, 11) is 3.39. The largest absolute Gasteiger partial charge is 0.493 e. The van der Waals surface area contributed by atoms with E-state index in [4.69, 9.17) is 30.5 Å². The average Bonchev–Trinajstić information content (AvgIpc) is 3.39. The third kappa shape index (κ3) is 2.80. The molecule has 0 saturated heterocycles. The highest BCUT2D eigenvalue weighted by molar-refractivity contribution is 6.30. The minimum absolute atomic E-state index is 0.264. The van der Waals surface area contributed by atoms with Crippen LogP contribution in [0.25, 0.3) is 43.7 Å². The highest BCUT2D eigenvalue weighted by atomic mass is 35.5. The zero-order valence-electron chi connectivity index (χ0n) is 20.4. The lowest BCUT2D eigenvalue weighted by molar-refractivity contribution is -0.659. The van der Waals surface area contributed by atoms with E-state index in [2.05, 4.69) is 41.8 Å². The Morgan fingerprint density at radius 1 is 0.917 bits per heavy atom. The number of ether oxygens (including phenoxy) is 4. The molecule has 2 aliphatic heterocycles. The van der Waals surface area contributed by atoms with Crippen molar-refractivity contribution < 1.29 is 23.5 Å². The lowest BCUT2D eigenvalue weighted by atomic mass is 9.87. The van der Waals surface area contributed by atoms with Crippen molar-refractivity contribution in [1.82, 2.24) is 0 Å². The number of hydrogen-bond acceptors (Lipinski definition) is 4. The van der Waals surface area contributed by atoms with Crippen molar-refractivity contribution in [2.75, 3.05) is 21.0 Å². The summed E-state index contributed by atoms with van der Waals surface area (Å²) in [5.74, 6) is 3.16. The molecule has 1 aromatic heterocycles. The molecule has 0 aliphatic carbocycles. The summed E-state index contributed by atoms with van der Waals surface area (Å²) in [6.07, 6.45) is 1.78. The van der Waals surface area contributed by atoms with Crippen molar-refractivity contribution in [3.63, 3.8) is 0 Å². The van der Waals surface area contributed by atoms with E-state index in [1.807, 2.05) is 18.2 Å². The van der Waals surface area contributed by atoms with Crippen LogP contribution >= 0.6 is 11.6 Å². The van der Waals surface area contributed by atoms with Gasteiger partial charge in [-0.3, -0.25) is 0 Å². The van der Waals surface area contributed by atoms with Gasteiger partial charge in [0.1, 0.15) is 5.39 Å². The summed E-state index contributed by atoms with van der Waals surface area (Å²) in [5.41, 5.74) is 5.95. The van der Waals surface area contributed by atoms with Gasteiger partial charge in [-0.25, -0.2) is 0 Å². The average molecular weight is 499 g/mol. The van der Waals surface area contributed by atoms with Crippen LogP contribution in [0.15, 0.2) is 48.5 Å². The van der Waals surface area contributed by atoms with Crippen LogP contribution in [0.5, 0.6) is 23.0 Å². The highest BCUT2D eigenvalue weighted by Crippen LogP contribution is 2.49. The summed E-state index contributed by atoms with van der Waals surface area (Å²) in [6, 6.07) is 16.7. The van der Waals surface area contributed by atoms with E-state index in [0.29, 0.717) is 10.8 Å². The molecule has 0 amide bonds. The molecule has 0 N–H and O–H groups in total. The number of rotatable bonds is 4. The number of fused-ring (bicyclic) bond motifs is 4. The van der Waals surface area contributed by atoms with E-state index in [-0.39, 0.29) is 6.79 Å². The van der Waals surface area contributed by atoms with Crippen molar-refractivity contribution in [1.29, 1.82) is 0 Å². The second kappa shape index (κ2) is 7.90. The number of benzene rings is 4. The van der Waals surface area contributed by atoms with Crippen LogP contribution in [-0.4, -0.2) is 21.0 Å².